The molecule has 0 N–H and O–H groups in total. The third-order valence-electron chi connectivity index (χ3n) is 9.07. The number of hydrogen-bond acceptors (Lipinski definition) is 8. The highest BCUT2D eigenvalue weighted by Gasteiger charge is 2.17. The van der Waals surface area contributed by atoms with Gasteiger partial charge >= 0.3 is 17.6 Å². The number of unbranched alkanes of at least 4 members (excludes halogenated alkanes) is 3. The zero-order valence-electron chi connectivity index (χ0n) is 31.2. The van der Waals surface area contributed by atoms with E-state index in [-0.39, 0.29) is 29.6 Å². The number of nitrogens with zero attached hydrogens (tertiary/aromatic N) is 2. The number of esters is 2. The van der Waals surface area contributed by atoms with Crippen molar-refractivity contribution in [1.82, 2.24) is 9.13 Å². The Morgan fingerprint density at radius 2 is 1.33 bits per heavy atom. The van der Waals surface area contributed by atoms with Crippen molar-refractivity contribution in [1.29, 1.82) is 0 Å². The average molecular weight is 713 g/mol. The van der Waals surface area contributed by atoms with Gasteiger partial charge in [-0.3, -0.25) is 19.0 Å². The van der Waals surface area contributed by atoms with Gasteiger partial charge in [0.05, 0.1) is 32.0 Å². The first-order chi connectivity index (χ1) is 25.1. The zero-order chi connectivity index (χ0) is 37.5. The van der Waals surface area contributed by atoms with E-state index >= 15 is 0 Å². The molecule has 0 amide bonds. The fourth-order valence-corrected chi connectivity index (χ4v) is 6.22. The van der Waals surface area contributed by atoms with Crippen LogP contribution < -0.4 is 20.7 Å². The number of hydrogen-bond donors (Lipinski definition) is 0. The Bertz CT molecular complexity index is 1910. The van der Waals surface area contributed by atoms with Crippen molar-refractivity contribution >= 4 is 11.9 Å². The molecule has 52 heavy (non-hydrogen) atoms. The van der Waals surface area contributed by atoms with E-state index in [0.717, 1.165) is 64.7 Å². The van der Waals surface area contributed by atoms with Gasteiger partial charge in [0, 0.05) is 32.6 Å². The lowest BCUT2D eigenvalue weighted by molar-refractivity contribution is -0.144. The summed E-state index contributed by atoms with van der Waals surface area (Å²) in [6.07, 6.45) is 6.25. The van der Waals surface area contributed by atoms with E-state index in [9.17, 15) is 19.2 Å². The first kappa shape index (κ1) is 39.7. The van der Waals surface area contributed by atoms with E-state index in [1.165, 1.54) is 11.6 Å². The van der Waals surface area contributed by atoms with Crippen molar-refractivity contribution in [2.45, 2.75) is 78.6 Å². The molecule has 0 aliphatic rings. The molecule has 4 aromatic rings. The lowest BCUT2D eigenvalue weighted by atomic mass is 9.96. The molecular weight excluding hydrogens is 660 g/mol. The molecule has 0 unspecified atom stereocenters. The van der Waals surface area contributed by atoms with Gasteiger partial charge in [0.2, 0.25) is 0 Å². The molecule has 0 saturated heterocycles. The summed E-state index contributed by atoms with van der Waals surface area (Å²) in [6.45, 7) is 6.97. The second-order valence-electron chi connectivity index (χ2n) is 12.7. The van der Waals surface area contributed by atoms with Crippen molar-refractivity contribution in [3.05, 3.63) is 104 Å². The Hall–Kier alpha value is -5.12. The summed E-state index contributed by atoms with van der Waals surface area (Å²) in [4.78, 5) is 49.7. The van der Waals surface area contributed by atoms with Crippen LogP contribution in [0.5, 0.6) is 11.5 Å². The van der Waals surface area contributed by atoms with Crippen molar-refractivity contribution in [2.24, 2.45) is 14.1 Å². The molecule has 0 aliphatic carbocycles. The maximum absolute atomic E-state index is 13.3. The molecule has 0 bridgehead atoms. The summed E-state index contributed by atoms with van der Waals surface area (Å²) < 4.78 is 25.2. The molecular formula is C42H52N2O8. The van der Waals surface area contributed by atoms with Crippen LogP contribution in [0.4, 0.5) is 0 Å². The Morgan fingerprint density at radius 1 is 0.654 bits per heavy atom. The van der Waals surface area contributed by atoms with Crippen LogP contribution in [0.3, 0.4) is 0 Å². The van der Waals surface area contributed by atoms with Crippen LogP contribution in [-0.4, -0.2) is 47.5 Å². The fourth-order valence-electron chi connectivity index (χ4n) is 6.22. The van der Waals surface area contributed by atoms with Gasteiger partial charge in [-0.2, -0.15) is 0 Å². The second-order valence-corrected chi connectivity index (χ2v) is 12.7. The topological polar surface area (TPSA) is 115 Å². The number of aryl methyl sites for hydroxylation is 1. The van der Waals surface area contributed by atoms with Crippen LogP contribution >= 0.6 is 0 Å². The minimum atomic E-state index is -0.362. The highest BCUT2D eigenvalue weighted by atomic mass is 16.5. The largest absolute Gasteiger partial charge is 0.494 e. The molecule has 0 saturated carbocycles. The number of rotatable bonds is 20. The Balaban J connectivity index is 1.38. The Labute approximate surface area is 306 Å². The standard InChI is InChI=1S/C42H52N2O8/c1-6-49-38(45)22-16-26-52-37-21-15-20-32(36(37)23-24-39(46)50-7-2)19-11-8-9-14-25-51-35-28-33(31-17-12-10-13-18-31)27-34(29-35)40-30(3)43(4)42(48)44(5)41(40)47/h10,12-13,15,17-18,20-21,27-29H,6-9,11,14,16,19,22-26H2,1-5H3. The maximum Gasteiger partial charge on any atom is 0.330 e. The third kappa shape index (κ3) is 10.9. The second kappa shape index (κ2) is 20.1. The summed E-state index contributed by atoms with van der Waals surface area (Å²) in [6, 6.07) is 21.8. The van der Waals surface area contributed by atoms with Gasteiger partial charge < -0.3 is 23.5 Å². The van der Waals surface area contributed by atoms with Gasteiger partial charge in [0.15, 0.2) is 0 Å². The predicted octanol–water partition coefficient (Wildman–Crippen LogP) is 7.13. The molecule has 278 valence electrons. The van der Waals surface area contributed by atoms with Crippen molar-refractivity contribution in [3.63, 3.8) is 0 Å². The molecule has 0 atom stereocenters. The van der Waals surface area contributed by atoms with E-state index in [1.807, 2.05) is 60.7 Å². The Kier molecular flexibility index (Phi) is 15.3. The summed E-state index contributed by atoms with van der Waals surface area (Å²) in [5.74, 6) is 0.930. The fraction of sp³-hybridized carbons (Fsp3) is 0.429. The van der Waals surface area contributed by atoms with Crippen LogP contribution in [0, 0.1) is 6.92 Å². The molecule has 0 fully saturated rings. The van der Waals surface area contributed by atoms with Crippen LogP contribution in [0.2, 0.25) is 0 Å². The van der Waals surface area contributed by atoms with Crippen molar-refractivity contribution in [2.75, 3.05) is 26.4 Å². The molecule has 4 rings (SSSR count). The maximum atomic E-state index is 13.3. The highest BCUT2D eigenvalue weighted by molar-refractivity contribution is 5.76. The van der Waals surface area contributed by atoms with Gasteiger partial charge in [-0.25, -0.2) is 4.79 Å². The number of benzene rings is 3. The molecule has 1 aromatic heterocycles. The minimum Gasteiger partial charge on any atom is -0.494 e. The van der Waals surface area contributed by atoms with Gasteiger partial charge in [-0.15, -0.1) is 0 Å². The number of aromatic nitrogens is 2. The lowest BCUT2D eigenvalue weighted by Gasteiger charge is -2.16. The molecule has 0 radical (unpaired) electrons. The van der Waals surface area contributed by atoms with E-state index in [1.54, 1.807) is 27.8 Å². The molecule has 0 aliphatic heterocycles. The lowest BCUT2D eigenvalue weighted by Crippen LogP contribution is -2.39. The number of ether oxygens (including phenoxy) is 4. The smallest absolute Gasteiger partial charge is 0.330 e. The first-order valence-corrected chi connectivity index (χ1v) is 18.3. The summed E-state index contributed by atoms with van der Waals surface area (Å²) in [5, 5.41) is 0. The average Bonchev–Trinajstić information content (AvgIpc) is 3.14. The summed E-state index contributed by atoms with van der Waals surface area (Å²) in [7, 11) is 3.17. The monoisotopic (exact) mass is 712 g/mol. The number of carbonyl (C=O) groups excluding carboxylic acids is 2. The van der Waals surface area contributed by atoms with E-state index in [0.29, 0.717) is 68.3 Å². The quantitative estimate of drug-likeness (QED) is 0.0703. The first-order valence-electron chi connectivity index (χ1n) is 18.3. The van der Waals surface area contributed by atoms with E-state index in [4.69, 9.17) is 18.9 Å². The minimum absolute atomic E-state index is 0.235. The molecule has 1 heterocycles. The van der Waals surface area contributed by atoms with E-state index in [2.05, 4.69) is 6.07 Å². The summed E-state index contributed by atoms with van der Waals surface area (Å²) >= 11 is 0. The van der Waals surface area contributed by atoms with Crippen LogP contribution in [0.15, 0.2) is 76.3 Å². The molecule has 10 heteroatoms. The van der Waals surface area contributed by atoms with Crippen LogP contribution in [0.25, 0.3) is 22.3 Å². The van der Waals surface area contributed by atoms with Gasteiger partial charge in [0.25, 0.3) is 5.56 Å². The molecule has 3 aromatic carbocycles. The van der Waals surface area contributed by atoms with Crippen molar-refractivity contribution in [3.8, 4) is 33.8 Å². The van der Waals surface area contributed by atoms with Crippen molar-refractivity contribution < 1.29 is 28.5 Å². The molecule has 10 nitrogen and oxygen atoms in total. The van der Waals surface area contributed by atoms with Gasteiger partial charge in [0.1, 0.15) is 11.5 Å². The SMILES string of the molecule is CCOC(=O)CCCOc1cccc(CCCCCCOc2cc(-c3ccccc3)cc(-c3c(C)n(C)c(=O)n(C)c3=O)c2)c1CCC(=O)OCC. The zero-order valence-corrected chi connectivity index (χ0v) is 31.2. The highest BCUT2D eigenvalue weighted by Crippen LogP contribution is 2.32. The van der Waals surface area contributed by atoms with Crippen LogP contribution in [0.1, 0.15) is 75.6 Å². The third-order valence-corrected chi connectivity index (χ3v) is 9.07. The summed E-state index contributed by atoms with van der Waals surface area (Å²) in [5.41, 5.74) is 5.15. The normalized spacial score (nSPS) is 10.9. The van der Waals surface area contributed by atoms with Crippen LogP contribution in [-0.2, 0) is 46.0 Å². The molecule has 0 spiro atoms. The predicted molar refractivity (Wildman–Crippen MR) is 203 cm³/mol. The number of carbonyl (C=O) groups is 2. The van der Waals surface area contributed by atoms with E-state index < -0.39 is 0 Å². The van der Waals surface area contributed by atoms with Gasteiger partial charge in [-0.05, 0) is 105 Å². The van der Waals surface area contributed by atoms with Gasteiger partial charge in [-0.1, -0.05) is 55.3 Å². The Morgan fingerprint density at radius 3 is 2.06 bits per heavy atom.